The molecule has 0 aromatic carbocycles. The number of nitrogens with one attached hydrogen (secondary N) is 1. The van der Waals surface area contributed by atoms with Crippen molar-refractivity contribution in [2.75, 3.05) is 13.1 Å². The van der Waals surface area contributed by atoms with Gasteiger partial charge in [-0.2, -0.15) is 0 Å². The lowest BCUT2D eigenvalue weighted by molar-refractivity contribution is 0.786. The van der Waals surface area contributed by atoms with Gasteiger partial charge in [0.2, 0.25) is 0 Å². The Bertz CT molecular complexity index is 134. The van der Waals surface area contributed by atoms with Gasteiger partial charge in [-0.05, 0) is 12.1 Å². The molecule has 0 aliphatic rings. The van der Waals surface area contributed by atoms with Crippen molar-refractivity contribution in [3.63, 3.8) is 0 Å². The Morgan fingerprint density at radius 3 is 2.07 bits per heavy atom. The molecule has 0 unspecified atom stereocenters. The van der Waals surface area contributed by atoms with Crippen molar-refractivity contribution < 1.29 is 0 Å². The van der Waals surface area contributed by atoms with Gasteiger partial charge in [-0.15, -0.1) is 0 Å². The molecule has 1 N–H and O–H groups in total. The average Bonchev–Trinajstić information content (AvgIpc) is 2.29. The lowest BCUT2D eigenvalue weighted by Gasteiger charge is -1.98. The Morgan fingerprint density at radius 2 is 1.71 bits per heavy atom. The van der Waals surface area contributed by atoms with Crippen LogP contribution in [-0.4, -0.2) is 13.1 Å². The van der Waals surface area contributed by atoms with E-state index >= 15 is 0 Å². The maximum absolute atomic E-state index is 3.83. The summed E-state index contributed by atoms with van der Waals surface area (Å²) in [6, 6.07) is 0. The predicted octanol–water partition coefficient (Wildman–Crippen LogP) is 3.95. The van der Waals surface area contributed by atoms with Crippen molar-refractivity contribution in [1.29, 1.82) is 0 Å². The average molecular weight is 197 g/mol. The summed E-state index contributed by atoms with van der Waals surface area (Å²) in [7, 11) is 0. The van der Waals surface area contributed by atoms with Gasteiger partial charge >= 0.3 is 0 Å². The fourth-order valence-electron chi connectivity index (χ4n) is 0.549. The molecule has 0 aliphatic carbocycles. The molecule has 0 spiro atoms. The first kappa shape index (κ1) is 18.9. The van der Waals surface area contributed by atoms with E-state index in [1.54, 1.807) is 6.08 Å². The summed E-state index contributed by atoms with van der Waals surface area (Å²) in [4.78, 5) is 0. The van der Waals surface area contributed by atoms with Crippen molar-refractivity contribution in [2.45, 2.75) is 34.6 Å². The van der Waals surface area contributed by atoms with Crippen LogP contribution in [0, 0.1) is 0 Å². The van der Waals surface area contributed by atoms with Gasteiger partial charge in [0, 0.05) is 6.54 Å². The summed E-state index contributed by atoms with van der Waals surface area (Å²) in [5.74, 6) is 0. The second-order valence-corrected chi connectivity index (χ2v) is 2.03. The Kier molecular flexibility index (Phi) is 30.7. The monoisotopic (exact) mass is 197 g/mol. The zero-order valence-electron chi connectivity index (χ0n) is 10.6. The summed E-state index contributed by atoms with van der Waals surface area (Å²) in [5.41, 5.74) is 1.08. The number of rotatable bonds is 5. The fraction of sp³-hybridized carbons (Fsp3) is 0.538. The lowest BCUT2D eigenvalue weighted by atomic mass is 10.3. The van der Waals surface area contributed by atoms with Crippen molar-refractivity contribution in [1.82, 2.24) is 5.32 Å². The minimum absolute atomic E-state index is 0.862. The molecule has 0 saturated heterocycles. The first-order valence-corrected chi connectivity index (χ1v) is 5.48. The SMILES string of the molecule is C=C/C=C\C(=C)CNCC.CC.CC. The first-order chi connectivity index (χ1) is 6.81. The molecule has 0 aromatic rings. The van der Waals surface area contributed by atoms with E-state index in [9.17, 15) is 0 Å². The van der Waals surface area contributed by atoms with E-state index in [4.69, 9.17) is 0 Å². The van der Waals surface area contributed by atoms with Gasteiger partial charge < -0.3 is 5.32 Å². The highest BCUT2D eigenvalue weighted by Gasteiger charge is 1.83. The van der Waals surface area contributed by atoms with Crippen molar-refractivity contribution in [3.05, 3.63) is 37.0 Å². The molecule has 0 rings (SSSR count). The van der Waals surface area contributed by atoms with Crippen molar-refractivity contribution in [3.8, 4) is 0 Å². The van der Waals surface area contributed by atoms with E-state index in [-0.39, 0.29) is 0 Å². The molecule has 1 nitrogen and oxygen atoms in total. The number of allylic oxidation sites excluding steroid dienone is 2. The molecule has 14 heavy (non-hydrogen) atoms. The summed E-state index contributed by atoms with van der Waals surface area (Å²) >= 11 is 0. The summed E-state index contributed by atoms with van der Waals surface area (Å²) in [6.07, 6.45) is 5.59. The molecular weight excluding hydrogens is 170 g/mol. The molecule has 0 heterocycles. The van der Waals surface area contributed by atoms with Gasteiger partial charge in [0.15, 0.2) is 0 Å². The van der Waals surface area contributed by atoms with Crippen molar-refractivity contribution in [2.24, 2.45) is 0 Å². The van der Waals surface area contributed by atoms with Crippen LogP contribution in [0.3, 0.4) is 0 Å². The van der Waals surface area contributed by atoms with Crippen LogP contribution in [0.2, 0.25) is 0 Å². The lowest BCUT2D eigenvalue weighted by Crippen LogP contribution is -2.14. The van der Waals surface area contributed by atoms with Crippen LogP contribution in [-0.2, 0) is 0 Å². The summed E-state index contributed by atoms with van der Waals surface area (Å²) < 4.78 is 0. The summed E-state index contributed by atoms with van der Waals surface area (Å²) in [5, 5.41) is 3.17. The molecule has 1 heteroatoms. The number of hydrogen-bond donors (Lipinski definition) is 1. The number of hydrogen-bond acceptors (Lipinski definition) is 1. The zero-order chi connectivity index (χ0) is 11.8. The Morgan fingerprint density at radius 1 is 1.21 bits per heavy atom. The van der Waals surface area contributed by atoms with Crippen LogP contribution < -0.4 is 5.32 Å². The molecule has 0 radical (unpaired) electrons. The molecule has 0 amide bonds. The third-order valence-electron chi connectivity index (χ3n) is 1.07. The Labute approximate surface area is 90.6 Å². The van der Waals surface area contributed by atoms with Crippen LogP contribution in [0.15, 0.2) is 37.0 Å². The van der Waals surface area contributed by atoms with Gasteiger partial charge in [-0.25, -0.2) is 0 Å². The molecule has 0 aliphatic heterocycles. The van der Waals surface area contributed by atoms with Crippen LogP contribution in [0.5, 0.6) is 0 Å². The van der Waals surface area contributed by atoms with E-state index < -0.39 is 0 Å². The van der Waals surface area contributed by atoms with Crippen LogP contribution in [0.1, 0.15) is 34.6 Å². The smallest absolute Gasteiger partial charge is 0.0199 e. The Balaban J connectivity index is -0.000000266. The van der Waals surface area contributed by atoms with E-state index in [0.29, 0.717) is 0 Å². The predicted molar refractivity (Wildman–Crippen MR) is 69.7 cm³/mol. The van der Waals surface area contributed by atoms with Crippen LogP contribution in [0.25, 0.3) is 0 Å². The maximum Gasteiger partial charge on any atom is 0.0199 e. The van der Waals surface area contributed by atoms with Crippen molar-refractivity contribution >= 4 is 0 Å². The van der Waals surface area contributed by atoms with E-state index in [1.807, 2.05) is 39.8 Å². The molecule has 84 valence electrons. The third kappa shape index (κ3) is 22.5. The highest BCUT2D eigenvalue weighted by atomic mass is 14.8. The van der Waals surface area contributed by atoms with Gasteiger partial charge in [0.05, 0.1) is 0 Å². The van der Waals surface area contributed by atoms with Crippen LogP contribution >= 0.6 is 0 Å². The second kappa shape index (κ2) is 22.8. The Hall–Kier alpha value is -0.820. The van der Waals surface area contributed by atoms with Gasteiger partial charge in [0.1, 0.15) is 0 Å². The van der Waals surface area contributed by atoms with Gasteiger partial charge in [-0.3, -0.25) is 0 Å². The molecule has 0 saturated carbocycles. The third-order valence-corrected chi connectivity index (χ3v) is 1.07. The zero-order valence-corrected chi connectivity index (χ0v) is 10.6. The van der Waals surface area contributed by atoms with E-state index in [1.165, 1.54) is 0 Å². The van der Waals surface area contributed by atoms with Gasteiger partial charge in [-0.1, -0.05) is 66.0 Å². The maximum atomic E-state index is 3.83. The molecule has 0 bridgehead atoms. The molecule has 0 atom stereocenters. The quantitative estimate of drug-likeness (QED) is 0.658. The standard InChI is InChI=1S/C9H15N.2C2H6/c1-4-6-7-9(3)8-10-5-2;2*1-2/h4,6-7,10H,1,3,5,8H2,2H3;2*1-2H3/b7-6-;;. The highest BCUT2D eigenvalue weighted by Crippen LogP contribution is 1.89. The molecular formula is C13H27N. The number of likely N-dealkylation sites (N-methyl/N-ethyl adjacent to an activating group) is 1. The minimum atomic E-state index is 0.862. The topological polar surface area (TPSA) is 12.0 Å². The molecule has 0 fully saturated rings. The van der Waals surface area contributed by atoms with E-state index in [2.05, 4.69) is 25.4 Å². The highest BCUT2D eigenvalue weighted by molar-refractivity contribution is 5.19. The summed E-state index contributed by atoms with van der Waals surface area (Å²) in [6.45, 7) is 19.3. The molecule has 0 aromatic heterocycles. The van der Waals surface area contributed by atoms with Crippen LogP contribution in [0.4, 0.5) is 0 Å². The van der Waals surface area contributed by atoms with E-state index in [0.717, 1.165) is 18.7 Å². The first-order valence-electron chi connectivity index (χ1n) is 5.48. The minimum Gasteiger partial charge on any atom is -0.313 e. The normalized spacial score (nSPS) is 8.07. The second-order valence-electron chi connectivity index (χ2n) is 2.03. The largest absolute Gasteiger partial charge is 0.313 e. The van der Waals surface area contributed by atoms with Gasteiger partial charge in [0.25, 0.3) is 0 Å². The fourth-order valence-corrected chi connectivity index (χ4v) is 0.549.